The molecule has 0 bridgehead atoms. The lowest BCUT2D eigenvalue weighted by Crippen LogP contribution is -2.32. The molecule has 0 saturated heterocycles. The molecule has 1 amide bonds. The van der Waals surface area contributed by atoms with Gasteiger partial charge in [0.2, 0.25) is 0 Å². The van der Waals surface area contributed by atoms with E-state index in [9.17, 15) is 4.79 Å². The van der Waals surface area contributed by atoms with E-state index < -0.39 is 0 Å². The molecule has 0 aliphatic carbocycles. The molecule has 4 rings (SSSR count). The monoisotopic (exact) mass is 379 g/mol. The third-order valence-corrected chi connectivity index (χ3v) is 5.18. The normalized spacial score (nSPS) is 10.9. The van der Waals surface area contributed by atoms with Gasteiger partial charge in [-0.2, -0.15) is 0 Å². The molecule has 27 heavy (non-hydrogen) atoms. The molecule has 0 atom stereocenters. The number of amides is 1. The van der Waals surface area contributed by atoms with Gasteiger partial charge in [-0.25, -0.2) is 9.97 Å². The lowest BCUT2D eigenvalue weighted by molar-refractivity contribution is 0.0972. The number of aryl methyl sites for hydroxylation is 1. The molecule has 0 spiro atoms. The minimum atomic E-state index is -0.211. The third kappa shape index (κ3) is 3.39. The quantitative estimate of drug-likeness (QED) is 0.532. The number of imidazole rings is 1. The lowest BCUT2D eigenvalue weighted by Gasteiger charge is -2.19. The molecular formula is C19H17N5O2S. The fourth-order valence-electron chi connectivity index (χ4n) is 2.73. The van der Waals surface area contributed by atoms with Crippen molar-refractivity contribution in [3.8, 4) is 5.75 Å². The largest absolute Gasteiger partial charge is 0.497 e. The minimum Gasteiger partial charge on any atom is -0.497 e. The van der Waals surface area contributed by atoms with E-state index in [1.165, 1.54) is 11.3 Å². The first-order valence-corrected chi connectivity index (χ1v) is 9.10. The smallest absolute Gasteiger partial charge is 0.296 e. The van der Waals surface area contributed by atoms with Gasteiger partial charge in [0.25, 0.3) is 5.91 Å². The summed E-state index contributed by atoms with van der Waals surface area (Å²) in [6.07, 6.45) is 6.81. The molecular weight excluding hydrogens is 362 g/mol. The fraction of sp³-hybridized carbons (Fsp3) is 0.158. The van der Waals surface area contributed by atoms with Gasteiger partial charge in [-0.1, -0.05) is 17.4 Å². The van der Waals surface area contributed by atoms with Gasteiger partial charge < -0.3 is 9.30 Å². The van der Waals surface area contributed by atoms with Gasteiger partial charge >= 0.3 is 0 Å². The van der Waals surface area contributed by atoms with Crippen LogP contribution in [0, 0.1) is 0 Å². The van der Waals surface area contributed by atoms with Gasteiger partial charge in [-0.15, -0.1) is 0 Å². The van der Waals surface area contributed by atoms with Gasteiger partial charge in [0.1, 0.15) is 5.75 Å². The van der Waals surface area contributed by atoms with Crippen LogP contribution in [0.1, 0.15) is 16.2 Å². The molecule has 4 aromatic rings. The van der Waals surface area contributed by atoms with Crippen molar-refractivity contribution in [2.75, 3.05) is 12.0 Å². The summed E-state index contributed by atoms with van der Waals surface area (Å²) >= 11 is 1.44. The first-order chi connectivity index (χ1) is 13.2. The zero-order valence-electron chi connectivity index (χ0n) is 14.9. The van der Waals surface area contributed by atoms with Gasteiger partial charge in [0.05, 0.1) is 23.9 Å². The number of thiazole rings is 1. The van der Waals surface area contributed by atoms with E-state index in [1.54, 1.807) is 48.4 Å². The van der Waals surface area contributed by atoms with Crippen LogP contribution in [0.15, 0.2) is 55.1 Å². The van der Waals surface area contributed by atoms with E-state index in [0.717, 1.165) is 21.5 Å². The predicted octanol–water partition coefficient (Wildman–Crippen LogP) is 3.28. The van der Waals surface area contributed by atoms with Gasteiger partial charge in [-0.3, -0.25) is 14.7 Å². The maximum absolute atomic E-state index is 13.2. The van der Waals surface area contributed by atoms with Gasteiger partial charge in [-0.05, 0) is 29.8 Å². The first-order valence-electron chi connectivity index (χ1n) is 8.28. The van der Waals surface area contributed by atoms with E-state index in [2.05, 4.69) is 15.0 Å². The van der Waals surface area contributed by atoms with Crippen molar-refractivity contribution in [3.05, 3.63) is 66.5 Å². The number of ether oxygens (including phenoxy) is 1. The standard InChI is InChI=1S/C19H17N5O2S/c1-23-9-8-21-17(23)18(25)24(12-13-4-3-7-20-11-13)19-22-15-6-5-14(26-2)10-16(15)27-19/h3-11H,12H2,1-2H3. The highest BCUT2D eigenvalue weighted by atomic mass is 32.1. The summed E-state index contributed by atoms with van der Waals surface area (Å²) in [5.41, 5.74) is 1.73. The van der Waals surface area contributed by atoms with Crippen LogP contribution >= 0.6 is 11.3 Å². The summed E-state index contributed by atoms with van der Waals surface area (Å²) in [4.78, 5) is 27.8. The zero-order chi connectivity index (χ0) is 18.8. The number of fused-ring (bicyclic) bond motifs is 1. The predicted molar refractivity (Wildman–Crippen MR) is 104 cm³/mol. The average Bonchev–Trinajstić information content (AvgIpc) is 3.31. The number of carbonyl (C=O) groups is 1. The maximum Gasteiger partial charge on any atom is 0.296 e. The molecule has 3 aromatic heterocycles. The van der Waals surface area contributed by atoms with Crippen LogP contribution in [0.3, 0.4) is 0 Å². The van der Waals surface area contributed by atoms with Crippen molar-refractivity contribution < 1.29 is 9.53 Å². The summed E-state index contributed by atoms with van der Waals surface area (Å²) in [6, 6.07) is 9.45. The Morgan fingerprint density at radius 1 is 1.30 bits per heavy atom. The van der Waals surface area contributed by atoms with Crippen molar-refractivity contribution in [1.29, 1.82) is 0 Å². The summed E-state index contributed by atoms with van der Waals surface area (Å²) in [5, 5.41) is 0.607. The molecule has 136 valence electrons. The summed E-state index contributed by atoms with van der Waals surface area (Å²) < 4.78 is 7.94. The van der Waals surface area contributed by atoms with Crippen molar-refractivity contribution in [2.24, 2.45) is 7.05 Å². The van der Waals surface area contributed by atoms with Crippen molar-refractivity contribution in [2.45, 2.75) is 6.54 Å². The number of benzene rings is 1. The fourth-order valence-corrected chi connectivity index (χ4v) is 3.72. The molecule has 0 fully saturated rings. The van der Waals surface area contributed by atoms with Crippen molar-refractivity contribution in [3.63, 3.8) is 0 Å². The first kappa shape index (κ1) is 17.2. The van der Waals surface area contributed by atoms with Gasteiger partial charge in [0.15, 0.2) is 11.0 Å². The van der Waals surface area contributed by atoms with E-state index in [4.69, 9.17) is 4.74 Å². The van der Waals surface area contributed by atoms with Crippen LogP contribution < -0.4 is 9.64 Å². The van der Waals surface area contributed by atoms with Crippen LogP contribution in [0.4, 0.5) is 5.13 Å². The highest BCUT2D eigenvalue weighted by Crippen LogP contribution is 2.32. The Kier molecular flexibility index (Phi) is 4.55. The van der Waals surface area contributed by atoms with Crippen molar-refractivity contribution >= 4 is 32.6 Å². The molecule has 0 aliphatic heterocycles. The zero-order valence-corrected chi connectivity index (χ0v) is 15.7. The lowest BCUT2D eigenvalue weighted by atomic mass is 10.2. The minimum absolute atomic E-state index is 0.211. The SMILES string of the molecule is COc1ccc2nc(N(Cc3cccnc3)C(=O)c3nccn3C)sc2c1. The Hall–Kier alpha value is -3.26. The maximum atomic E-state index is 13.2. The van der Waals surface area contributed by atoms with Crippen LogP contribution in [-0.4, -0.2) is 32.5 Å². The number of anilines is 1. The number of hydrogen-bond donors (Lipinski definition) is 0. The Labute approximate surface area is 159 Å². The number of nitrogens with zero attached hydrogens (tertiary/aromatic N) is 5. The Morgan fingerprint density at radius 3 is 2.89 bits per heavy atom. The molecule has 0 radical (unpaired) electrons. The molecule has 0 aliphatic rings. The highest BCUT2D eigenvalue weighted by Gasteiger charge is 2.24. The number of methoxy groups -OCH3 is 1. The topological polar surface area (TPSA) is 73.1 Å². The van der Waals surface area contributed by atoms with Crippen LogP contribution in [0.2, 0.25) is 0 Å². The second-order valence-corrected chi connectivity index (χ2v) is 6.95. The molecule has 3 heterocycles. The van der Waals surface area contributed by atoms with E-state index >= 15 is 0 Å². The molecule has 0 saturated carbocycles. The van der Waals surface area contributed by atoms with Crippen LogP contribution in [0.25, 0.3) is 10.2 Å². The van der Waals surface area contributed by atoms with Crippen LogP contribution in [-0.2, 0) is 13.6 Å². The Balaban J connectivity index is 1.77. The van der Waals surface area contributed by atoms with Gasteiger partial charge in [0, 0.05) is 31.8 Å². The second-order valence-electron chi connectivity index (χ2n) is 5.94. The average molecular weight is 379 g/mol. The highest BCUT2D eigenvalue weighted by molar-refractivity contribution is 7.22. The molecule has 7 nitrogen and oxygen atoms in total. The number of pyridine rings is 1. The van der Waals surface area contributed by atoms with E-state index in [-0.39, 0.29) is 5.91 Å². The molecule has 0 N–H and O–H groups in total. The molecule has 1 aromatic carbocycles. The summed E-state index contributed by atoms with van der Waals surface area (Å²) in [5.74, 6) is 0.903. The molecule has 0 unspecified atom stereocenters. The van der Waals surface area contributed by atoms with Crippen molar-refractivity contribution in [1.82, 2.24) is 19.5 Å². The second kappa shape index (κ2) is 7.16. The number of aromatic nitrogens is 4. The van der Waals surface area contributed by atoms with Crippen LogP contribution in [0.5, 0.6) is 5.75 Å². The Morgan fingerprint density at radius 2 is 2.19 bits per heavy atom. The van der Waals surface area contributed by atoms with E-state index in [1.807, 2.05) is 30.3 Å². The van der Waals surface area contributed by atoms with E-state index in [0.29, 0.717) is 17.5 Å². The molecule has 8 heteroatoms. The summed E-state index contributed by atoms with van der Waals surface area (Å²) in [6.45, 7) is 0.358. The number of rotatable bonds is 5. The summed E-state index contributed by atoms with van der Waals surface area (Å²) in [7, 11) is 3.42. The third-order valence-electron chi connectivity index (χ3n) is 4.14. The number of carbonyl (C=O) groups excluding carboxylic acids is 1. The number of hydrogen-bond acceptors (Lipinski definition) is 6. The Bertz CT molecular complexity index is 1090.